The minimum Gasteiger partial charge on any atom is -0.394 e. The van der Waals surface area contributed by atoms with E-state index in [0.29, 0.717) is 12.8 Å². The number of hydrogen-bond acceptors (Lipinski definition) is 4. The molecule has 0 aromatic heterocycles. The average molecular weight is 957 g/mol. The normalized spacial score (nSPS) is 13.4. The Morgan fingerprint density at radius 2 is 0.603 bits per heavy atom. The van der Waals surface area contributed by atoms with E-state index in [0.717, 1.165) is 44.9 Å². The zero-order valence-electron chi connectivity index (χ0n) is 46.0. The third kappa shape index (κ3) is 52.4. The lowest BCUT2D eigenvalue weighted by Gasteiger charge is -2.26. The van der Waals surface area contributed by atoms with Crippen molar-refractivity contribution >= 4 is 5.91 Å². The average Bonchev–Trinajstić information content (AvgIpc) is 3.34. The number of unbranched alkanes of at least 4 members (excludes halogenated alkanes) is 43. The van der Waals surface area contributed by atoms with Crippen molar-refractivity contribution < 1.29 is 20.1 Å². The molecule has 0 rings (SSSR count). The highest BCUT2D eigenvalue weighted by Gasteiger charge is 2.26. The number of hydrogen-bond donors (Lipinski definition) is 4. The first-order chi connectivity index (χ1) is 33.6. The fourth-order valence-electron chi connectivity index (χ4n) is 9.71. The monoisotopic (exact) mass is 956 g/mol. The predicted molar refractivity (Wildman–Crippen MR) is 301 cm³/mol. The van der Waals surface area contributed by atoms with Crippen LogP contribution in [0.4, 0.5) is 0 Å². The number of carbonyl (C=O) groups is 1. The number of aliphatic hydroxyl groups is 3. The Labute approximate surface area is 425 Å². The summed E-state index contributed by atoms with van der Waals surface area (Å²) in [4.78, 5) is 12.5. The van der Waals surface area contributed by atoms with Crippen molar-refractivity contribution in [2.24, 2.45) is 0 Å². The lowest BCUT2D eigenvalue weighted by atomic mass is 10.0. The molecule has 3 unspecified atom stereocenters. The Balaban J connectivity index is 3.51. The summed E-state index contributed by atoms with van der Waals surface area (Å²) >= 11 is 0. The van der Waals surface area contributed by atoms with Gasteiger partial charge in [0.05, 0.1) is 18.8 Å². The van der Waals surface area contributed by atoms with E-state index < -0.39 is 18.2 Å². The van der Waals surface area contributed by atoms with Crippen LogP contribution >= 0.6 is 0 Å². The van der Waals surface area contributed by atoms with Gasteiger partial charge < -0.3 is 20.6 Å². The van der Waals surface area contributed by atoms with Crippen LogP contribution < -0.4 is 5.32 Å². The number of carbonyl (C=O) groups excluding carboxylic acids is 1. The van der Waals surface area contributed by atoms with Gasteiger partial charge in [-0.05, 0) is 77.0 Å². The maximum Gasteiger partial charge on any atom is 0.220 e. The van der Waals surface area contributed by atoms with Gasteiger partial charge in [-0.15, -0.1) is 0 Å². The van der Waals surface area contributed by atoms with E-state index in [9.17, 15) is 20.1 Å². The molecule has 0 aliphatic rings. The van der Waals surface area contributed by atoms with Crippen LogP contribution in [0.25, 0.3) is 0 Å². The summed E-state index contributed by atoms with van der Waals surface area (Å²) in [6, 6.07) is -0.832. The first-order valence-electron chi connectivity index (χ1n) is 30.8. The zero-order chi connectivity index (χ0) is 49.3. The number of aliphatic hydroxyl groups excluding tert-OH is 3. The summed E-state index contributed by atoms with van der Waals surface area (Å²) in [5.41, 5.74) is 0. The lowest BCUT2D eigenvalue weighted by Crippen LogP contribution is -2.50. The molecule has 0 aromatic carbocycles. The highest BCUT2D eigenvalue weighted by Crippen LogP contribution is 2.18. The molecule has 0 aliphatic carbocycles. The molecule has 0 aromatic rings. The fourth-order valence-corrected chi connectivity index (χ4v) is 9.71. The van der Waals surface area contributed by atoms with Crippen molar-refractivity contribution in [2.75, 3.05) is 6.61 Å². The molecule has 0 spiro atoms. The van der Waals surface area contributed by atoms with Crippen LogP contribution in [0.2, 0.25) is 0 Å². The van der Waals surface area contributed by atoms with Crippen molar-refractivity contribution in [1.29, 1.82) is 0 Å². The molecule has 0 saturated heterocycles. The van der Waals surface area contributed by atoms with Crippen molar-refractivity contribution in [2.45, 2.75) is 353 Å². The highest BCUT2D eigenvalue weighted by molar-refractivity contribution is 5.76. The van der Waals surface area contributed by atoms with E-state index in [1.54, 1.807) is 0 Å². The SMILES string of the molecule is CCCCCCCCCCCC/C=C/CC/C=C/CCCC(O)C(O)C(CO)NC(=O)CCCCCCCCCCCCCCCCCCC/C=C\CCCCCCCCCCCCCCCC. The van der Waals surface area contributed by atoms with Crippen LogP contribution in [0, 0.1) is 0 Å². The molecule has 0 saturated carbocycles. The molecule has 402 valence electrons. The second-order valence-electron chi connectivity index (χ2n) is 21.2. The van der Waals surface area contributed by atoms with E-state index in [2.05, 4.69) is 55.6 Å². The minimum atomic E-state index is -1.17. The zero-order valence-corrected chi connectivity index (χ0v) is 46.0. The van der Waals surface area contributed by atoms with E-state index in [-0.39, 0.29) is 12.5 Å². The number of nitrogens with one attached hydrogen (secondary N) is 1. The van der Waals surface area contributed by atoms with Crippen molar-refractivity contribution in [3.63, 3.8) is 0 Å². The van der Waals surface area contributed by atoms with Crippen molar-refractivity contribution in [3.05, 3.63) is 36.5 Å². The van der Waals surface area contributed by atoms with E-state index >= 15 is 0 Å². The summed E-state index contributed by atoms with van der Waals surface area (Å²) in [6.45, 7) is 4.20. The first kappa shape index (κ1) is 66.6. The third-order valence-corrected chi connectivity index (χ3v) is 14.4. The first-order valence-corrected chi connectivity index (χ1v) is 30.8. The topological polar surface area (TPSA) is 89.8 Å². The lowest BCUT2D eigenvalue weighted by molar-refractivity contribution is -0.124. The Hall–Kier alpha value is -1.43. The maximum absolute atomic E-state index is 12.5. The van der Waals surface area contributed by atoms with Crippen molar-refractivity contribution in [3.8, 4) is 0 Å². The molecule has 3 atom stereocenters. The minimum absolute atomic E-state index is 0.153. The van der Waals surface area contributed by atoms with Crippen LogP contribution in [0.3, 0.4) is 0 Å². The second kappa shape index (κ2) is 58.1. The molecule has 5 heteroatoms. The van der Waals surface area contributed by atoms with Crippen LogP contribution in [0.15, 0.2) is 36.5 Å². The molecule has 0 heterocycles. The molecule has 1 amide bonds. The van der Waals surface area contributed by atoms with Gasteiger partial charge in [-0.2, -0.15) is 0 Å². The predicted octanol–water partition coefficient (Wildman–Crippen LogP) is 19.4. The van der Waals surface area contributed by atoms with Gasteiger partial charge in [0.15, 0.2) is 0 Å². The van der Waals surface area contributed by atoms with E-state index in [1.165, 1.54) is 263 Å². The van der Waals surface area contributed by atoms with Gasteiger partial charge in [0, 0.05) is 6.42 Å². The van der Waals surface area contributed by atoms with Gasteiger partial charge in [-0.25, -0.2) is 0 Å². The summed E-state index contributed by atoms with van der Waals surface area (Å²) in [5, 5.41) is 33.7. The standard InChI is InChI=1S/C63H121NO4/c1-3-5-7-9-11-13-15-17-19-21-23-24-25-26-27-28-29-30-31-32-33-34-35-36-37-38-40-42-44-46-48-50-52-54-56-58-62(67)64-60(59-65)63(68)61(66)57-55-53-51-49-47-45-43-41-39-22-20-18-16-14-12-10-8-6-4-2/h28-29,41,43,49,51,60-61,63,65-66,68H,3-27,30-40,42,44-48,50,52-59H2,1-2H3,(H,64,67)/b29-28-,43-41+,51-49+. The van der Waals surface area contributed by atoms with Crippen LogP contribution in [-0.2, 0) is 4.79 Å². The molecule has 4 N–H and O–H groups in total. The number of rotatable bonds is 57. The summed E-state index contributed by atoms with van der Waals surface area (Å²) in [5.74, 6) is -0.153. The highest BCUT2D eigenvalue weighted by atomic mass is 16.3. The van der Waals surface area contributed by atoms with E-state index in [1.807, 2.05) is 0 Å². The van der Waals surface area contributed by atoms with Gasteiger partial charge in [0.1, 0.15) is 6.10 Å². The second-order valence-corrected chi connectivity index (χ2v) is 21.2. The molecule has 68 heavy (non-hydrogen) atoms. The smallest absolute Gasteiger partial charge is 0.220 e. The summed E-state index contributed by atoms with van der Waals surface area (Å²) in [6.07, 6.45) is 76.2. The van der Waals surface area contributed by atoms with Gasteiger partial charge in [-0.1, -0.05) is 288 Å². The molecule has 5 nitrogen and oxygen atoms in total. The van der Waals surface area contributed by atoms with Gasteiger partial charge in [0.2, 0.25) is 5.91 Å². The quantitative estimate of drug-likeness (QED) is 0.0361. The number of allylic oxidation sites excluding steroid dienone is 6. The van der Waals surface area contributed by atoms with Gasteiger partial charge >= 0.3 is 0 Å². The Kier molecular flexibility index (Phi) is 56.9. The maximum atomic E-state index is 12.5. The molecular weight excluding hydrogens is 835 g/mol. The Morgan fingerprint density at radius 1 is 0.353 bits per heavy atom. The fraction of sp³-hybridized carbons (Fsp3) is 0.889. The molecule has 0 bridgehead atoms. The summed E-state index contributed by atoms with van der Waals surface area (Å²) in [7, 11) is 0. The van der Waals surface area contributed by atoms with Crippen molar-refractivity contribution in [1.82, 2.24) is 5.32 Å². The Bertz CT molecular complexity index is 1060. The van der Waals surface area contributed by atoms with Crippen LogP contribution in [-0.4, -0.2) is 46.1 Å². The molecular formula is C63H121NO4. The van der Waals surface area contributed by atoms with Gasteiger partial charge in [0.25, 0.3) is 0 Å². The Morgan fingerprint density at radius 3 is 0.897 bits per heavy atom. The largest absolute Gasteiger partial charge is 0.394 e. The van der Waals surface area contributed by atoms with Crippen LogP contribution in [0.1, 0.15) is 335 Å². The van der Waals surface area contributed by atoms with Crippen LogP contribution in [0.5, 0.6) is 0 Å². The van der Waals surface area contributed by atoms with E-state index in [4.69, 9.17) is 0 Å². The third-order valence-electron chi connectivity index (χ3n) is 14.4. The molecule has 0 aliphatic heterocycles. The molecule has 0 radical (unpaired) electrons. The van der Waals surface area contributed by atoms with Gasteiger partial charge in [-0.3, -0.25) is 4.79 Å². The number of amides is 1. The summed E-state index contributed by atoms with van der Waals surface area (Å²) < 4.78 is 0. The molecule has 0 fully saturated rings.